The average molecular weight is 492 g/mol. The van der Waals surface area contributed by atoms with Gasteiger partial charge in [-0.3, -0.25) is 0 Å². The molecule has 0 aliphatic rings. The zero-order valence-electron chi connectivity index (χ0n) is 24.2. The summed E-state index contributed by atoms with van der Waals surface area (Å²) in [6.07, 6.45) is 0. The van der Waals surface area contributed by atoms with E-state index in [4.69, 9.17) is 0 Å². The van der Waals surface area contributed by atoms with Crippen LogP contribution in [0, 0.1) is 22.9 Å². The molecule has 1 heterocycles. The van der Waals surface area contributed by atoms with Crippen molar-refractivity contribution in [3.63, 3.8) is 0 Å². The third-order valence-corrected chi connectivity index (χ3v) is 21.2. The van der Waals surface area contributed by atoms with E-state index in [1.807, 2.05) is 0 Å². The van der Waals surface area contributed by atoms with Crippen molar-refractivity contribution in [1.82, 2.24) is 4.57 Å². The maximum Gasteiger partial charge on any atom is 0.146 e. The van der Waals surface area contributed by atoms with Crippen LogP contribution in [0.25, 0.3) is 10.8 Å². The van der Waals surface area contributed by atoms with Gasteiger partial charge in [0.25, 0.3) is 0 Å². The van der Waals surface area contributed by atoms with Crippen LogP contribution in [0.1, 0.15) is 94.5 Å². The molecule has 0 radical (unpaired) electrons. The lowest BCUT2D eigenvalue weighted by Gasteiger charge is -2.38. The van der Waals surface area contributed by atoms with Crippen molar-refractivity contribution < 1.29 is 0 Å². The molecule has 0 aliphatic heterocycles. The highest BCUT2D eigenvalue weighted by Crippen LogP contribution is 2.42. The Morgan fingerprint density at radius 3 is 1.03 bits per heavy atom. The predicted octanol–water partition coefficient (Wildman–Crippen LogP) is 9.32. The highest BCUT2D eigenvalue weighted by atomic mass is 28.3. The zero-order valence-corrected chi connectivity index (χ0v) is 26.2. The summed E-state index contributed by atoms with van der Waals surface area (Å²) in [5.74, 6) is 7.49. The second kappa shape index (κ2) is 10.9. The van der Waals surface area contributed by atoms with Gasteiger partial charge >= 0.3 is 0 Å². The first-order valence-electron chi connectivity index (χ1n) is 13.4. The Labute approximate surface area is 213 Å². The Morgan fingerprint density at radius 2 is 0.794 bits per heavy atom. The van der Waals surface area contributed by atoms with Crippen LogP contribution < -0.4 is 0 Å². The lowest BCUT2D eigenvalue weighted by Crippen LogP contribution is -2.43. The third kappa shape index (κ3) is 4.85. The Morgan fingerprint density at radius 1 is 0.529 bits per heavy atom. The standard InChI is InChI=1S/C31H49NSi2/c1-22(2)33(23(3)4,24(5)6)20-18-30-28-16-14-15-17-29(28)31(32(30)13)19-21-34(25(7)8,26(9)10)27(11)12/h14-17,22-27H,1-13H3. The summed E-state index contributed by atoms with van der Waals surface area (Å²) >= 11 is 0. The molecule has 0 saturated heterocycles. The lowest BCUT2D eigenvalue weighted by molar-refractivity contribution is 0.838. The van der Waals surface area contributed by atoms with Crippen LogP contribution in [0.15, 0.2) is 24.3 Å². The van der Waals surface area contributed by atoms with Crippen LogP contribution in [-0.4, -0.2) is 20.7 Å². The molecule has 0 unspecified atom stereocenters. The first kappa shape index (κ1) is 28.6. The summed E-state index contributed by atoms with van der Waals surface area (Å²) in [6.45, 7) is 28.6. The monoisotopic (exact) mass is 491 g/mol. The van der Waals surface area contributed by atoms with E-state index in [9.17, 15) is 0 Å². The van der Waals surface area contributed by atoms with Crippen molar-refractivity contribution in [2.24, 2.45) is 7.05 Å². The van der Waals surface area contributed by atoms with Crippen molar-refractivity contribution >= 4 is 26.9 Å². The Kier molecular flexibility index (Phi) is 9.18. The molecule has 1 aromatic carbocycles. The van der Waals surface area contributed by atoms with Crippen molar-refractivity contribution in [1.29, 1.82) is 0 Å². The molecule has 0 aliphatic carbocycles. The van der Waals surface area contributed by atoms with Crippen LogP contribution in [-0.2, 0) is 7.05 Å². The van der Waals surface area contributed by atoms with Crippen molar-refractivity contribution in [3.05, 3.63) is 35.7 Å². The van der Waals surface area contributed by atoms with Crippen LogP contribution in [0.5, 0.6) is 0 Å². The summed E-state index contributed by atoms with van der Waals surface area (Å²) in [5.41, 5.74) is 13.9. The minimum Gasteiger partial charge on any atom is -0.330 e. The fourth-order valence-corrected chi connectivity index (χ4v) is 17.3. The van der Waals surface area contributed by atoms with Crippen LogP contribution in [0.2, 0.25) is 33.2 Å². The zero-order chi connectivity index (χ0) is 26.0. The van der Waals surface area contributed by atoms with Crippen molar-refractivity contribution in [2.75, 3.05) is 0 Å². The third-order valence-electron chi connectivity index (χ3n) is 8.63. The van der Waals surface area contributed by atoms with E-state index in [-0.39, 0.29) is 0 Å². The Bertz CT molecular complexity index is 977. The van der Waals surface area contributed by atoms with E-state index in [1.54, 1.807) is 0 Å². The van der Waals surface area contributed by atoms with Crippen LogP contribution in [0.3, 0.4) is 0 Å². The number of rotatable bonds is 6. The second-order valence-corrected chi connectivity index (χ2v) is 23.3. The molecule has 2 rings (SSSR count). The normalized spacial score (nSPS) is 12.8. The SMILES string of the molecule is CC(C)[Si](C#Cc1c2ccccc2c(C#C[Si](C(C)C)(C(C)C)C(C)C)n1C)(C(C)C)C(C)C. The predicted molar refractivity (Wildman–Crippen MR) is 159 cm³/mol. The van der Waals surface area contributed by atoms with E-state index in [1.165, 1.54) is 10.8 Å². The number of nitrogens with zero attached hydrogens (tertiary/aromatic N) is 1. The van der Waals surface area contributed by atoms with E-state index in [2.05, 4.69) is 142 Å². The van der Waals surface area contributed by atoms with Gasteiger partial charge in [-0.25, -0.2) is 0 Å². The van der Waals surface area contributed by atoms with Crippen LogP contribution >= 0.6 is 0 Å². The van der Waals surface area contributed by atoms with Gasteiger partial charge in [-0.2, -0.15) is 0 Å². The number of aromatic nitrogens is 1. The summed E-state index contributed by atoms with van der Waals surface area (Å²) < 4.78 is 2.28. The van der Waals surface area contributed by atoms with Gasteiger partial charge in [0.1, 0.15) is 16.1 Å². The topological polar surface area (TPSA) is 4.93 Å². The van der Waals surface area contributed by atoms with Gasteiger partial charge < -0.3 is 4.57 Å². The molecule has 1 nitrogen and oxygen atoms in total. The first-order valence-corrected chi connectivity index (χ1v) is 17.8. The molecule has 0 spiro atoms. The van der Waals surface area contributed by atoms with E-state index < -0.39 is 16.1 Å². The van der Waals surface area contributed by atoms with E-state index >= 15 is 0 Å². The van der Waals surface area contributed by atoms with Gasteiger partial charge in [-0.05, 0) is 33.2 Å². The fourth-order valence-electron chi connectivity index (χ4n) is 6.87. The molecule has 34 heavy (non-hydrogen) atoms. The average Bonchev–Trinajstić information content (AvgIpc) is 2.98. The summed E-state index contributed by atoms with van der Waals surface area (Å²) in [4.78, 5) is 0. The molecule has 186 valence electrons. The molecule has 0 atom stereocenters. The number of hydrogen-bond donors (Lipinski definition) is 0. The molecule has 0 saturated carbocycles. The minimum atomic E-state index is -1.81. The quantitative estimate of drug-likeness (QED) is 0.280. The maximum absolute atomic E-state index is 3.95. The van der Waals surface area contributed by atoms with E-state index in [0.29, 0.717) is 33.2 Å². The van der Waals surface area contributed by atoms with Gasteiger partial charge in [-0.15, -0.1) is 11.1 Å². The van der Waals surface area contributed by atoms with E-state index in [0.717, 1.165) is 11.4 Å². The van der Waals surface area contributed by atoms with Gasteiger partial charge in [0.05, 0.1) is 11.4 Å². The van der Waals surface area contributed by atoms with Crippen LogP contribution in [0.4, 0.5) is 0 Å². The highest BCUT2D eigenvalue weighted by molar-refractivity contribution is 6.91. The summed E-state index contributed by atoms with van der Waals surface area (Å²) in [6, 6.07) is 8.73. The van der Waals surface area contributed by atoms with Gasteiger partial charge in [0.15, 0.2) is 0 Å². The second-order valence-electron chi connectivity index (χ2n) is 12.1. The molecule has 0 bridgehead atoms. The minimum absolute atomic E-state index is 0.625. The Balaban J connectivity index is 2.82. The number of fused-ring (bicyclic) bond motifs is 1. The molecule has 0 N–H and O–H groups in total. The van der Waals surface area contributed by atoms with Gasteiger partial charge in [0.2, 0.25) is 0 Å². The highest BCUT2D eigenvalue weighted by Gasteiger charge is 2.42. The fraction of sp³-hybridized carbons (Fsp3) is 0.613. The summed E-state index contributed by atoms with van der Waals surface area (Å²) in [5, 5.41) is 2.48. The smallest absolute Gasteiger partial charge is 0.146 e. The maximum atomic E-state index is 3.95. The first-order chi connectivity index (χ1) is 15.7. The molecule has 0 fully saturated rings. The van der Waals surface area contributed by atoms with Crippen molar-refractivity contribution in [3.8, 4) is 22.9 Å². The Hall–Kier alpha value is -1.69. The summed E-state index contributed by atoms with van der Waals surface area (Å²) in [7, 11) is -1.45. The molecule has 3 heteroatoms. The lowest BCUT2D eigenvalue weighted by atomic mass is 10.1. The molecular formula is C31H49NSi2. The molecular weight excluding hydrogens is 443 g/mol. The van der Waals surface area contributed by atoms with Crippen molar-refractivity contribution in [2.45, 2.75) is 116 Å². The number of hydrogen-bond acceptors (Lipinski definition) is 0. The van der Waals surface area contributed by atoms with Gasteiger partial charge in [-0.1, -0.05) is 119 Å². The number of benzene rings is 1. The molecule has 0 amide bonds. The molecule has 2 aromatic rings. The molecule has 1 aromatic heterocycles. The van der Waals surface area contributed by atoms with Gasteiger partial charge in [0, 0.05) is 17.8 Å². The largest absolute Gasteiger partial charge is 0.330 e.